The molecular weight excluding hydrogens is 202 g/mol. The molecule has 2 unspecified atom stereocenters. The predicted octanol–water partition coefficient (Wildman–Crippen LogP) is 1.23. The lowest BCUT2D eigenvalue weighted by molar-refractivity contribution is -0.143. The molecule has 1 saturated heterocycles. The third-order valence-electron chi connectivity index (χ3n) is 3.32. The van der Waals surface area contributed by atoms with E-state index in [2.05, 4.69) is 24.8 Å². The summed E-state index contributed by atoms with van der Waals surface area (Å²) >= 11 is 0. The van der Waals surface area contributed by atoms with Gasteiger partial charge in [0, 0.05) is 19.6 Å². The van der Waals surface area contributed by atoms with Crippen LogP contribution in [0, 0.1) is 11.3 Å². The molecule has 0 aliphatic carbocycles. The van der Waals surface area contributed by atoms with Crippen LogP contribution < -0.4 is 0 Å². The normalized spacial score (nSPS) is 26.9. The number of unbranched alkanes of at least 4 members (excludes halogenated alkanes) is 1. The fourth-order valence-corrected chi connectivity index (χ4v) is 2.11. The summed E-state index contributed by atoms with van der Waals surface area (Å²) in [4.78, 5) is 16.0. The number of carbonyl (C=O) groups is 1. The molecule has 0 bridgehead atoms. The van der Waals surface area contributed by atoms with E-state index in [9.17, 15) is 4.79 Å². The number of likely N-dealkylation sites (N-methyl/N-ethyl adjacent to an activating group) is 1. The van der Waals surface area contributed by atoms with Gasteiger partial charge >= 0.3 is 0 Å². The van der Waals surface area contributed by atoms with Crippen LogP contribution in [-0.4, -0.2) is 47.9 Å². The first-order chi connectivity index (χ1) is 7.61. The van der Waals surface area contributed by atoms with Gasteiger partial charge in [-0.2, -0.15) is 5.26 Å². The van der Waals surface area contributed by atoms with Crippen molar-refractivity contribution in [1.82, 2.24) is 9.80 Å². The quantitative estimate of drug-likeness (QED) is 0.720. The van der Waals surface area contributed by atoms with Crippen molar-refractivity contribution in [2.75, 3.05) is 20.1 Å². The predicted molar refractivity (Wildman–Crippen MR) is 62.7 cm³/mol. The maximum absolute atomic E-state index is 12.0. The summed E-state index contributed by atoms with van der Waals surface area (Å²) in [5.74, 6) is 0.0939. The van der Waals surface area contributed by atoms with E-state index in [1.807, 2.05) is 7.05 Å². The Hall–Kier alpha value is -1.08. The van der Waals surface area contributed by atoms with E-state index < -0.39 is 0 Å². The van der Waals surface area contributed by atoms with Crippen LogP contribution in [0.25, 0.3) is 0 Å². The van der Waals surface area contributed by atoms with Gasteiger partial charge in [0.15, 0.2) is 0 Å². The molecule has 1 fully saturated rings. The third kappa shape index (κ3) is 2.73. The number of amides is 1. The lowest BCUT2D eigenvalue weighted by Crippen LogP contribution is -2.59. The molecule has 1 aliphatic heterocycles. The Morgan fingerprint density at radius 2 is 2.25 bits per heavy atom. The Balaban J connectivity index is 2.71. The highest BCUT2D eigenvalue weighted by Gasteiger charge is 2.35. The first kappa shape index (κ1) is 13.0. The van der Waals surface area contributed by atoms with Gasteiger partial charge < -0.3 is 4.90 Å². The molecule has 1 rings (SSSR count). The lowest BCUT2D eigenvalue weighted by atomic mass is 10.0. The minimum absolute atomic E-state index is 0.0939. The van der Waals surface area contributed by atoms with Crippen LogP contribution in [0.3, 0.4) is 0 Å². The van der Waals surface area contributed by atoms with E-state index in [0.29, 0.717) is 6.42 Å². The van der Waals surface area contributed by atoms with Crippen molar-refractivity contribution in [1.29, 1.82) is 5.26 Å². The van der Waals surface area contributed by atoms with E-state index >= 15 is 0 Å². The first-order valence-corrected chi connectivity index (χ1v) is 5.99. The molecule has 2 atom stereocenters. The Morgan fingerprint density at radius 3 is 2.81 bits per heavy atom. The number of carbonyl (C=O) groups excluding carboxylic acids is 1. The van der Waals surface area contributed by atoms with Gasteiger partial charge in [0.2, 0.25) is 5.91 Å². The summed E-state index contributed by atoms with van der Waals surface area (Å²) in [6, 6.07) is 2.15. The molecule has 0 aromatic carbocycles. The molecule has 16 heavy (non-hydrogen) atoms. The molecule has 1 amide bonds. The van der Waals surface area contributed by atoms with E-state index in [0.717, 1.165) is 25.9 Å². The van der Waals surface area contributed by atoms with Gasteiger partial charge in [-0.25, -0.2) is 0 Å². The molecule has 0 saturated carbocycles. The molecular formula is C12H21N3O. The van der Waals surface area contributed by atoms with Gasteiger partial charge in [0.1, 0.15) is 6.04 Å². The zero-order chi connectivity index (χ0) is 12.1. The number of hydrogen-bond acceptors (Lipinski definition) is 3. The molecule has 0 radical (unpaired) electrons. The summed E-state index contributed by atoms with van der Waals surface area (Å²) < 4.78 is 0. The van der Waals surface area contributed by atoms with Crippen molar-refractivity contribution < 1.29 is 4.79 Å². The molecule has 0 aromatic heterocycles. The van der Waals surface area contributed by atoms with E-state index in [4.69, 9.17) is 5.26 Å². The Kier molecular flexibility index (Phi) is 4.75. The molecule has 1 aliphatic rings. The maximum Gasteiger partial charge on any atom is 0.241 e. The van der Waals surface area contributed by atoms with Gasteiger partial charge in [0.05, 0.1) is 12.5 Å². The maximum atomic E-state index is 12.0. The topological polar surface area (TPSA) is 47.3 Å². The summed E-state index contributed by atoms with van der Waals surface area (Å²) in [7, 11) is 1.83. The Morgan fingerprint density at radius 1 is 1.56 bits per heavy atom. The molecule has 0 spiro atoms. The SMILES string of the molecule is CCCCN1CC(C)N(C)C(=O)C1CC#N. The molecule has 4 nitrogen and oxygen atoms in total. The van der Waals surface area contributed by atoms with Gasteiger partial charge in [-0.15, -0.1) is 0 Å². The van der Waals surface area contributed by atoms with Crippen molar-refractivity contribution in [3.05, 3.63) is 0 Å². The fraction of sp³-hybridized carbons (Fsp3) is 0.833. The van der Waals surface area contributed by atoms with E-state index in [1.54, 1.807) is 4.90 Å². The van der Waals surface area contributed by atoms with Gasteiger partial charge in [-0.05, 0) is 19.9 Å². The number of nitriles is 1. The second-order valence-corrected chi connectivity index (χ2v) is 4.52. The number of hydrogen-bond donors (Lipinski definition) is 0. The van der Waals surface area contributed by atoms with Crippen molar-refractivity contribution in [3.63, 3.8) is 0 Å². The smallest absolute Gasteiger partial charge is 0.241 e. The van der Waals surface area contributed by atoms with Crippen molar-refractivity contribution >= 4 is 5.91 Å². The third-order valence-corrected chi connectivity index (χ3v) is 3.32. The largest absolute Gasteiger partial charge is 0.340 e. The minimum Gasteiger partial charge on any atom is -0.340 e. The van der Waals surface area contributed by atoms with Gasteiger partial charge in [0.25, 0.3) is 0 Å². The molecule has 1 heterocycles. The van der Waals surface area contributed by atoms with Crippen LogP contribution in [0.2, 0.25) is 0 Å². The van der Waals surface area contributed by atoms with E-state index in [-0.39, 0.29) is 18.0 Å². The lowest BCUT2D eigenvalue weighted by Gasteiger charge is -2.42. The highest BCUT2D eigenvalue weighted by molar-refractivity contribution is 5.83. The van der Waals surface area contributed by atoms with Gasteiger partial charge in [-0.3, -0.25) is 9.69 Å². The summed E-state index contributed by atoms with van der Waals surface area (Å²) in [6.07, 6.45) is 2.51. The van der Waals surface area contributed by atoms with Crippen LogP contribution in [0.4, 0.5) is 0 Å². The van der Waals surface area contributed by atoms with Crippen molar-refractivity contribution in [2.45, 2.75) is 45.2 Å². The minimum atomic E-state index is -0.224. The fourth-order valence-electron chi connectivity index (χ4n) is 2.11. The molecule has 0 N–H and O–H groups in total. The number of nitrogens with zero attached hydrogens (tertiary/aromatic N) is 3. The summed E-state index contributed by atoms with van der Waals surface area (Å²) in [5, 5.41) is 8.78. The summed E-state index contributed by atoms with van der Waals surface area (Å²) in [5.41, 5.74) is 0. The highest BCUT2D eigenvalue weighted by Crippen LogP contribution is 2.18. The van der Waals surface area contributed by atoms with E-state index in [1.165, 1.54) is 0 Å². The van der Waals surface area contributed by atoms with Crippen LogP contribution in [0.1, 0.15) is 33.1 Å². The Bertz CT molecular complexity index is 284. The monoisotopic (exact) mass is 223 g/mol. The second kappa shape index (κ2) is 5.86. The van der Waals surface area contributed by atoms with Crippen molar-refractivity contribution in [2.24, 2.45) is 0 Å². The highest BCUT2D eigenvalue weighted by atomic mass is 16.2. The van der Waals surface area contributed by atoms with Crippen LogP contribution in [-0.2, 0) is 4.79 Å². The molecule has 0 aromatic rings. The average molecular weight is 223 g/mol. The second-order valence-electron chi connectivity index (χ2n) is 4.52. The average Bonchev–Trinajstić information content (AvgIpc) is 2.28. The Labute approximate surface area is 97.8 Å². The standard InChI is InChI=1S/C12H21N3O/c1-4-5-8-15-9-10(2)14(3)12(16)11(15)6-7-13/h10-11H,4-6,8-9H2,1-3H3. The number of rotatable bonds is 4. The van der Waals surface area contributed by atoms with Crippen LogP contribution >= 0.6 is 0 Å². The zero-order valence-corrected chi connectivity index (χ0v) is 10.4. The first-order valence-electron chi connectivity index (χ1n) is 5.99. The van der Waals surface area contributed by atoms with Gasteiger partial charge in [-0.1, -0.05) is 13.3 Å². The number of piperazine rings is 1. The van der Waals surface area contributed by atoms with Crippen LogP contribution in [0.15, 0.2) is 0 Å². The molecule has 90 valence electrons. The zero-order valence-electron chi connectivity index (χ0n) is 10.4. The molecule has 4 heteroatoms. The van der Waals surface area contributed by atoms with Crippen LogP contribution in [0.5, 0.6) is 0 Å². The summed E-state index contributed by atoms with van der Waals surface area (Å²) in [6.45, 7) is 6.00. The van der Waals surface area contributed by atoms with Crippen molar-refractivity contribution in [3.8, 4) is 6.07 Å².